The Hall–Kier alpha value is -1.56. The third-order valence-electron chi connectivity index (χ3n) is 3.73. The predicted molar refractivity (Wildman–Crippen MR) is 62.8 cm³/mol. The fourth-order valence-corrected chi connectivity index (χ4v) is 1.72. The number of ether oxygens (including phenoxy) is 1. The van der Waals surface area contributed by atoms with Crippen LogP contribution in [0, 0.1) is 5.41 Å². The lowest BCUT2D eigenvalue weighted by Gasteiger charge is -2.39. The van der Waals surface area contributed by atoms with Crippen LogP contribution in [0.3, 0.4) is 0 Å². The molecule has 0 aromatic carbocycles. The van der Waals surface area contributed by atoms with E-state index in [4.69, 9.17) is 0 Å². The number of hydrogen-bond acceptors (Lipinski definition) is 5. The van der Waals surface area contributed by atoms with E-state index in [2.05, 4.69) is 19.6 Å². The number of alkyl halides is 13. The summed E-state index contributed by atoms with van der Waals surface area (Å²) < 4.78 is 171. The normalized spacial score (nSPS) is 19.5. The van der Waals surface area contributed by atoms with Crippen LogP contribution in [0.25, 0.3) is 0 Å². The molecule has 0 N–H and O–H groups in total. The monoisotopic (exact) mass is 480 g/mol. The summed E-state index contributed by atoms with van der Waals surface area (Å²) in [6.07, 6.45) is -7.50. The maximum absolute atomic E-state index is 13.5. The first kappa shape index (κ1) is 26.5. The summed E-state index contributed by atoms with van der Waals surface area (Å²) in [5.41, 5.74) is -2.04. The molecule has 1 fully saturated rings. The largest absolute Gasteiger partial charge is 0.460 e. The van der Waals surface area contributed by atoms with E-state index in [1.807, 2.05) is 0 Å². The zero-order valence-corrected chi connectivity index (χ0v) is 14.1. The summed E-state index contributed by atoms with van der Waals surface area (Å²) >= 11 is 0. The fourth-order valence-electron chi connectivity index (χ4n) is 1.72. The van der Waals surface area contributed by atoms with E-state index in [1.54, 1.807) is 0 Å². The fraction of sp³-hybridized carbons (Fsp3) is 0.917. The minimum Gasteiger partial charge on any atom is -0.458 e. The Morgan fingerprint density at radius 3 is 1.57 bits per heavy atom. The third-order valence-corrected chi connectivity index (χ3v) is 3.73. The van der Waals surface area contributed by atoms with Crippen LogP contribution >= 0.6 is 0 Å². The Labute approximate surface area is 156 Å². The van der Waals surface area contributed by atoms with Crippen molar-refractivity contribution in [1.82, 2.24) is 0 Å². The maximum atomic E-state index is 13.5. The average Bonchev–Trinajstić information content (AvgIpc) is 2.58. The molecule has 1 saturated heterocycles. The molecule has 1 aliphatic rings. The van der Waals surface area contributed by atoms with E-state index >= 15 is 0 Å². The highest BCUT2D eigenvalue weighted by Gasteiger charge is 2.90. The summed E-state index contributed by atoms with van der Waals surface area (Å²) in [7, 11) is 0. The lowest BCUT2D eigenvalue weighted by Crippen LogP contribution is -2.70. The van der Waals surface area contributed by atoms with Gasteiger partial charge in [0.05, 0.1) is 0 Å². The molecule has 0 aliphatic carbocycles. The molecule has 0 unspecified atom stereocenters. The summed E-state index contributed by atoms with van der Waals surface area (Å²) in [6.45, 7) is -3.86. The van der Waals surface area contributed by atoms with E-state index in [-0.39, 0.29) is 0 Å². The van der Waals surface area contributed by atoms with E-state index < -0.39 is 67.0 Å². The molecule has 1 rings (SSSR count). The molecule has 0 radical (unpaired) electrons. The highest BCUT2D eigenvalue weighted by atomic mass is 19.4. The van der Waals surface area contributed by atoms with Crippen LogP contribution in [0.5, 0.6) is 0 Å². The van der Waals surface area contributed by atoms with Gasteiger partial charge < -0.3 is 4.74 Å². The van der Waals surface area contributed by atoms with Gasteiger partial charge in [0.1, 0.15) is 18.6 Å². The lowest BCUT2D eigenvalue weighted by molar-refractivity contribution is -0.546. The second-order valence-corrected chi connectivity index (χ2v) is 6.23. The van der Waals surface area contributed by atoms with Gasteiger partial charge >= 0.3 is 41.8 Å². The Balaban J connectivity index is 3.15. The topological polar surface area (TPSA) is 54.0 Å². The van der Waals surface area contributed by atoms with Crippen LogP contribution in [0.15, 0.2) is 0 Å². The van der Waals surface area contributed by atoms with E-state index in [0.717, 1.165) is 6.92 Å². The number of carbonyl (C=O) groups is 1. The number of esters is 1. The summed E-state index contributed by atoms with van der Waals surface area (Å²) in [4.78, 5) is 19.8. The molecule has 0 spiro atoms. The first-order valence-electron chi connectivity index (χ1n) is 7.13. The minimum absolute atomic E-state index is 0.806. The maximum Gasteiger partial charge on any atom is 0.460 e. The van der Waals surface area contributed by atoms with Gasteiger partial charge in [0.2, 0.25) is 0 Å². The number of halogens is 13. The molecular formula is C12H9F13O5. The molecule has 1 heterocycles. The second-order valence-electron chi connectivity index (χ2n) is 6.23. The first-order valence-corrected chi connectivity index (χ1v) is 7.13. The molecule has 0 bridgehead atoms. The van der Waals surface area contributed by atoms with Gasteiger partial charge in [0.15, 0.2) is 6.61 Å². The van der Waals surface area contributed by atoms with Crippen molar-refractivity contribution in [3.05, 3.63) is 0 Å². The van der Waals surface area contributed by atoms with Crippen LogP contribution in [0.4, 0.5) is 57.1 Å². The van der Waals surface area contributed by atoms with Gasteiger partial charge in [0, 0.05) is 0 Å². The van der Waals surface area contributed by atoms with Gasteiger partial charge in [-0.2, -0.15) is 57.1 Å². The first-order chi connectivity index (χ1) is 13.1. The van der Waals surface area contributed by atoms with Crippen molar-refractivity contribution in [3.8, 4) is 0 Å². The van der Waals surface area contributed by atoms with E-state index in [1.165, 1.54) is 0 Å². The van der Waals surface area contributed by atoms with E-state index in [0.29, 0.717) is 0 Å². The van der Waals surface area contributed by atoms with Gasteiger partial charge in [-0.3, -0.25) is 4.79 Å². The average molecular weight is 480 g/mol. The lowest BCUT2D eigenvalue weighted by atomic mass is 9.92. The highest BCUT2D eigenvalue weighted by Crippen LogP contribution is 2.60. The van der Waals surface area contributed by atoms with Crippen molar-refractivity contribution >= 4 is 5.97 Å². The molecule has 18 heteroatoms. The molecule has 5 nitrogen and oxygen atoms in total. The van der Waals surface area contributed by atoms with Crippen molar-refractivity contribution in [3.63, 3.8) is 0 Å². The van der Waals surface area contributed by atoms with Crippen molar-refractivity contribution < 1.29 is 81.4 Å². The van der Waals surface area contributed by atoms with Crippen molar-refractivity contribution in [1.29, 1.82) is 0 Å². The SMILES string of the molecule is CC1(C(=O)OCC(F)(F)C(F)(F)C(F)(F)C(F)(F)C(F)(F)C(F)(F)F)COOOC1. The van der Waals surface area contributed by atoms with Gasteiger partial charge in [-0.05, 0) is 6.92 Å². The second kappa shape index (κ2) is 7.54. The zero-order valence-electron chi connectivity index (χ0n) is 14.1. The molecule has 0 saturated carbocycles. The summed E-state index contributed by atoms with van der Waals surface area (Å²) in [6, 6.07) is 0. The predicted octanol–water partition coefficient (Wildman–Crippen LogP) is 4.17. The number of rotatable bonds is 7. The molecule has 30 heavy (non-hydrogen) atoms. The Morgan fingerprint density at radius 2 is 1.17 bits per heavy atom. The molecule has 0 aromatic rings. The quantitative estimate of drug-likeness (QED) is 0.311. The minimum atomic E-state index is -8.02. The van der Waals surface area contributed by atoms with Crippen LogP contribution in [-0.4, -0.2) is 61.6 Å². The number of hydrogen-bond donors (Lipinski definition) is 0. The van der Waals surface area contributed by atoms with Gasteiger partial charge in [-0.15, -0.1) is 0 Å². The molecule has 0 aromatic heterocycles. The molecule has 1 aliphatic heterocycles. The summed E-state index contributed by atoms with van der Waals surface area (Å²) in [5.74, 6) is -39.8. The standard InChI is InChI=1S/C12H9F13O5/c1-6(2-28-30-29-3-6)5(26)27-4-7(13,14)8(15,16)9(17,18)10(19,20)11(21,22)12(23,24)25/h2-4H2,1H3. The van der Waals surface area contributed by atoms with Gasteiger partial charge in [0.25, 0.3) is 0 Å². The Morgan fingerprint density at radius 1 is 0.767 bits per heavy atom. The smallest absolute Gasteiger partial charge is 0.458 e. The summed E-state index contributed by atoms with van der Waals surface area (Å²) in [5, 5.41) is 3.83. The van der Waals surface area contributed by atoms with Gasteiger partial charge in [-0.25, -0.2) is 9.78 Å². The van der Waals surface area contributed by atoms with E-state index in [9.17, 15) is 61.9 Å². The van der Waals surface area contributed by atoms with Gasteiger partial charge in [-0.1, -0.05) is 5.04 Å². The molecule has 0 amide bonds. The van der Waals surface area contributed by atoms with Crippen LogP contribution in [0.2, 0.25) is 0 Å². The highest BCUT2D eigenvalue weighted by molar-refractivity contribution is 5.76. The molecule has 178 valence electrons. The van der Waals surface area contributed by atoms with Crippen LogP contribution < -0.4 is 0 Å². The van der Waals surface area contributed by atoms with Crippen molar-refractivity contribution in [2.75, 3.05) is 19.8 Å². The zero-order chi connectivity index (χ0) is 24.0. The van der Waals surface area contributed by atoms with Crippen LogP contribution in [-0.2, 0) is 24.3 Å². The third kappa shape index (κ3) is 4.00. The van der Waals surface area contributed by atoms with Crippen LogP contribution in [0.1, 0.15) is 6.92 Å². The Kier molecular flexibility index (Phi) is 6.65. The molecule has 0 atom stereocenters. The Bertz CT molecular complexity index is 639. The van der Waals surface area contributed by atoms with Crippen molar-refractivity contribution in [2.45, 2.75) is 42.7 Å². The molecular weight excluding hydrogens is 471 g/mol. The number of carbonyl (C=O) groups excluding carboxylic acids is 1. The van der Waals surface area contributed by atoms with Crippen molar-refractivity contribution in [2.24, 2.45) is 5.41 Å².